The fourth-order valence-corrected chi connectivity index (χ4v) is 3.11. The number of furan rings is 1. The first-order valence-corrected chi connectivity index (χ1v) is 9.08. The lowest BCUT2D eigenvalue weighted by Crippen LogP contribution is -2.43. The minimum Gasteiger partial charge on any atom is -0.468 e. The molecule has 1 unspecified atom stereocenters. The van der Waals surface area contributed by atoms with Crippen LogP contribution in [0.4, 0.5) is 0 Å². The molecular formula is C20H23ClN2O3. The molecule has 3 rings (SSSR count). The maximum atomic E-state index is 12.5. The van der Waals surface area contributed by atoms with Crippen LogP contribution in [0.15, 0.2) is 52.7 Å². The van der Waals surface area contributed by atoms with Gasteiger partial charge in [0.1, 0.15) is 5.76 Å². The lowest BCUT2D eigenvalue weighted by Gasteiger charge is -2.33. The summed E-state index contributed by atoms with van der Waals surface area (Å²) in [5.74, 6) is 0.760. The summed E-state index contributed by atoms with van der Waals surface area (Å²) in [6.07, 6.45) is 3.51. The van der Waals surface area contributed by atoms with Gasteiger partial charge in [-0.25, -0.2) is 0 Å². The average molecular weight is 375 g/mol. The number of hydrogen-bond acceptors (Lipinski definition) is 4. The van der Waals surface area contributed by atoms with Crippen molar-refractivity contribution >= 4 is 23.6 Å². The number of hydrogen-bond donors (Lipinski definition) is 1. The Bertz CT molecular complexity index is 735. The van der Waals surface area contributed by atoms with E-state index in [0.717, 1.165) is 24.4 Å². The molecule has 0 radical (unpaired) electrons. The van der Waals surface area contributed by atoms with E-state index in [4.69, 9.17) is 20.8 Å². The van der Waals surface area contributed by atoms with E-state index in [9.17, 15) is 4.79 Å². The van der Waals surface area contributed by atoms with Gasteiger partial charge in [0.25, 0.3) is 0 Å². The number of carbonyl (C=O) groups is 1. The van der Waals surface area contributed by atoms with Crippen molar-refractivity contribution in [3.05, 3.63) is 64.6 Å². The lowest BCUT2D eigenvalue weighted by atomic mass is 10.1. The molecule has 1 aromatic carbocycles. The van der Waals surface area contributed by atoms with Gasteiger partial charge in [-0.1, -0.05) is 23.7 Å². The molecule has 0 saturated carbocycles. The minimum atomic E-state index is -0.0928. The van der Waals surface area contributed by atoms with Crippen LogP contribution >= 0.6 is 11.6 Å². The first-order chi connectivity index (χ1) is 12.6. The highest BCUT2D eigenvalue weighted by Crippen LogP contribution is 2.22. The largest absolute Gasteiger partial charge is 0.468 e. The molecule has 1 aliphatic heterocycles. The number of ether oxygens (including phenoxy) is 1. The van der Waals surface area contributed by atoms with Crippen molar-refractivity contribution in [3.8, 4) is 0 Å². The topological polar surface area (TPSA) is 54.7 Å². The molecule has 1 atom stereocenters. The van der Waals surface area contributed by atoms with Crippen LogP contribution in [0.3, 0.4) is 0 Å². The summed E-state index contributed by atoms with van der Waals surface area (Å²) >= 11 is 5.90. The third-order valence-electron chi connectivity index (χ3n) is 4.43. The second-order valence-electron chi connectivity index (χ2n) is 6.27. The molecule has 1 amide bonds. The van der Waals surface area contributed by atoms with Gasteiger partial charge in [0, 0.05) is 30.2 Å². The second-order valence-corrected chi connectivity index (χ2v) is 6.70. The first-order valence-electron chi connectivity index (χ1n) is 8.71. The van der Waals surface area contributed by atoms with E-state index in [1.807, 2.05) is 42.5 Å². The van der Waals surface area contributed by atoms with Crippen LogP contribution in [0.2, 0.25) is 5.02 Å². The summed E-state index contributed by atoms with van der Waals surface area (Å²) in [5, 5.41) is 3.70. The van der Waals surface area contributed by atoms with E-state index in [1.54, 1.807) is 13.2 Å². The molecule has 2 heterocycles. The third kappa shape index (κ3) is 4.97. The van der Waals surface area contributed by atoms with Crippen molar-refractivity contribution in [2.75, 3.05) is 32.8 Å². The molecule has 0 spiro atoms. The molecule has 1 N–H and O–H groups in total. The monoisotopic (exact) mass is 374 g/mol. The van der Waals surface area contributed by atoms with E-state index in [-0.39, 0.29) is 11.9 Å². The fraction of sp³-hybridized carbons (Fsp3) is 0.350. The van der Waals surface area contributed by atoms with E-state index in [0.29, 0.717) is 30.4 Å². The average Bonchev–Trinajstić information content (AvgIpc) is 3.19. The molecule has 0 bridgehead atoms. The van der Waals surface area contributed by atoms with Crippen molar-refractivity contribution in [3.63, 3.8) is 0 Å². The highest BCUT2D eigenvalue weighted by Gasteiger charge is 2.25. The quantitative estimate of drug-likeness (QED) is 0.786. The van der Waals surface area contributed by atoms with E-state index >= 15 is 0 Å². The Kier molecular flexibility index (Phi) is 6.50. The zero-order valence-corrected chi connectivity index (χ0v) is 15.5. The molecule has 6 heteroatoms. The number of nitrogens with one attached hydrogen (secondary N) is 1. The summed E-state index contributed by atoms with van der Waals surface area (Å²) in [4.78, 5) is 14.8. The zero-order chi connectivity index (χ0) is 18.4. The highest BCUT2D eigenvalue weighted by molar-refractivity contribution is 6.30. The van der Waals surface area contributed by atoms with Crippen molar-refractivity contribution < 1.29 is 13.9 Å². The SMILES string of the molecule is C/C(=C\c1ccc(Cl)cc1)C(=O)NCC(c1ccco1)N1CCOCC1. The van der Waals surface area contributed by atoms with E-state index in [2.05, 4.69) is 10.2 Å². The van der Waals surface area contributed by atoms with Gasteiger partial charge in [-0.15, -0.1) is 0 Å². The summed E-state index contributed by atoms with van der Waals surface area (Å²) < 4.78 is 11.0. The summed E-state index contributed by atoms with van der Waals surface area (Å²) in [5.41, 5.74) is 1.59. The number of rotatable bonds is 6. The normalized spacial score (nSPS) is 17.1. The molecule has 1 aliphatic rings. The molecule has 1 aromatic heterocycles. The van der Waals surface area contributed by atoms with Crippen LogP contribution in [0.1, 0.15) is 24.3 Å². The Morgan fingerprint density at radius 1 is 1.27 bits per heavy atom. The lowest BCUT2D eigenvalue weighted by molar-refractivity contribution is -0.117. The van der Waals surface area contributed by atoms with E-state index < -0.39 is 0 Å². The number of nitrogens with zero attached hydrogens (tertiary/aromatic N) is 1. The highest BCUT2D eigenvalue weighted by atomic mass is 35.5. The smallest absolute Gasteiger partial charge is 0.247 e. The number of benzene rings is 1. The van der Waals surface area contributed by atoms with Crippen LogP contribution in [0.5, 0.6) is 0 Å². The number of carbonyl (C=O) groups excluding carboxylic acids is 1. The van der Waals surface area contributed by atoms with Crippen molar-refractivity contribution in [1.29, 1.82) is 0 Å². The Hall–Kier alpha value is -2.08. The van der Waals surface area contributed by atoms with Gasteiger partial charge in [0.15, 0.2) is 0 Å². The van der Waals surface area contributed by atoms with Crippen LogP contribution in [-0.2, 0) is 9.53 Å². The van der Waals surface area contributed by atoms with Gasteiger partial charge in [-0.2, -0.15) is 0 Å². The summed E-state index contributed by atoms with van der Waals surface area (Å²) in [6, 6.07) is 11.2. The van der Waals surface area contributed by atoms with E-state index in [1.165, 1.54) is 0 Å². The van der Waals surface area contributed by atoms with Crippen LogP contribution in [0.25, 0.3) is 6.08 Å². The van der Waals surface area contributed by atoms with Crippen molar-refractivity contribution in [2.45, 2.75) is 13.0 Å². The molecule has 2 aromatic rings. The Morgan fingerprint density at radius 2 is 2.00 bits per heavy atom. The molecule has 0 aliphatic carbocycles. The van der Waals surface area contributed by atoms with Gasteiger partial charge < -0.3 is 14.5 Å². The third-order valence-corrected chi connectivity index (χ3v) is 4.68. The summed E-state index contributed by atoms with van der Waals surface area (Å²) in [7, 11) is 0. The predicted octanol–water partition coefficient (Wildman–Crippen LogP) is 3.53. The van der Waals surface area contributed by atoms with Gasteiger partial charge >= 0.3 is 0 Å². The summed E-state index contributed by atoms with van der Waals surface area (Å²) in [6.45, 7) is 5.32. The van der Waals surface area contributed by atoms with Gasteiger partial charge in [-0.05, 0) is 42.8 Å². The Labute approximate surface area is 158 Å². The minimum absolute atomic E-state index is 0.00109. The number of halogens is 1. The molecule has 1 saturated heterocycles. The van der Waals surface area contributed by atoms with Gasteiger partial charge in [0.2, 0.25) is 5.91 Å². The van der Waals surface area contributed by atoms with Crippen molar-refractivity contribution in [2.24, 2.45) is 0 Å². The Morgan fingerprint density at radius 3 is 2.65 bits per heavy atom. The maximum absolute atomic E-state index is 12.5. The maximum Gasteiger partial charge on any atom is 0.247 e. The first kappa shape index (κ1) is 18.7. The molecule has 5 nitrogen and oxygen atoms in total. The number of amides is 1. The van der Waals surface area contributed by atoms with Gasteiger partial charge in [0.05, 0.1) is 25.5 Å². The second kappa shape index (κ2) is 9.03. The molecule has 138 valence electrons. The van der Waals surface area contributed by atoms with Crippen LogP contribution < -0.4 is 5.32 Å². The molecular weight excluding hydrogens is 352 g/mol. The van der Waals surface area contributed by atoms with Crippen LogP contribution in [0, 0.1) is 0 Å². The Balaban J connectivity index is 1.64. The van der Waals surface area contributed by atoms with Gasteiger partial charge in [-0.3, -0.25) is 9.69 Å². The fourth-order valence-electron chi connectivity index (χ4n) is 2.98. The zero-order valence-electron chi connectivity index (χ0n) is 14.8. The standard InChI is InChI=1S/C20H23ClN2O3/c1-15(13-16-4-6-17(21)7-5-16)20(24)22-14-18(19-3-2-10-26-19)23-8-11-25-12-9-23/h2-7,10,13,18H,8-9,11-12,14H2,1H3,(H,22,24)/b15-13+. The molecule has 26 heavy (non-hydrogen) atoms. The molecule has 1 fully saturated rings. The van der Waals surface area contributed by atoms with Crippen molar-refractivity contribution in [1.82, 2.24) is 10.2 Å². The number of morpholine rings is 1. The van der Waals surface area contributed by atoms with Crippen LogP contribution in [-0.4, -0.2) is 43.7 Å². The predicted molar refractivity (Wildman–Crippen MR) is 102 cm³/mol.